The molecule has 2 heterocycles. The van der Waals surface area contributed by atoms with Crippen LogP contribution in [-0.4, -0.2) is 55.5 Å². The fourth-order valence-corrected chi connectivity index (χ4v) is 2.64. The van der Waals surface area contributed by atoms with E-state index in [1.54, 1.807) is 11.2 Å². The highest BCUT2D eigenvalue weighted by Crippen LogP contribution is 2.23. The van der Waals surface area contributed by atoms with Crippen LogP contribution in [0.4, 0.5) is 4.79 Å². The minimum atomic E-state index is -0.989. The van der Waals surface area contributed by atoms with Gasteiger partial charge in [-0.15, -0.1) is 0 Å². The van der Waals surface area contributed by atoms with Crippen LogP contribution in [0.25, 0.3) is 0 Å². The lowest BCUT2D eigenvalue weighted by molar-refractivity contribution is -0.143. The van der Waals surface area contributed by atoms with Crippen molar-refractivity contribution in [2.75, 3.05) is 6.54 Å². The van der Waals surface area contributed by atoms with Gasteiger partial charge in [-0.1, -0.05) is 6.92 Å². The van der Waals surface area contributed by atoms with Gasteiger partial charge in [0.25, 0.3) is 0 Å². The average Bonchev–Trinajstić information content (AvgIpc) is 2.89. The number of imidazole rings is 1. The van der Waals surface area contributed by atoms with E-state index in [9.17, 15) is 14.7 Å². The molecule has 0 saturated carbocycles. The maximum absolute atomic E-state index is 12.7. The highest BCUT2D eigenvalue weighted by atomic mass is 16.4. The number of aliphatic carboxylic acids is 1. The van der Waals surface area contributed by atoms with Crippen LogP contribution in [0.2, 0.25) is 0 Å². The van der Waals surface area contributed by atoms with E-state index in [1.807, 2.05) is 20.8 Å². The monoisotopic (exact) mass is 294 g/mol. The van der Waals surface area contributed by atoms with Crippen LogP contribution in [0.5, 0.6) is 0 Å². The smallest absolute Gasteiger partial charge is 0.326 e. The Kier molecular flexibility index (Phi) is 4.50. The quantitative estimate of drug-likeness (QED) is 0.879. The first-order valence-corrected chi connectivity index (χ1v) is 7.26. The van der Waals surface area contributed by atoms with E-state index in [1.165, 1.54) is 4.90 Å². The summed E-state index contributed by atoms with van der Waals surface area (Å²) >= 11 is 0. The van der Waals surface area contributed by atoms with Gasteiger partial charge in [-0.05, 0) is 20.3 Å². The molecule has 1 aromatic rings. The van der Waals surface area contributed by atoms with Crippen LogP contribution in [-0.2, 0) is 17.8 Å². The molecular formula is C14H22N4O3. The second-order valence-corrected chi connectivity index (χ2v) is 5.58. The number of H-pyrrole nitrogens is 1. The van der Waals surface area contributed by atoms with Gasteiger partial charge in [0, 0.05) is 19.0 Å². The van der Waals surface area contributed by atoms with Crippen molar-refractivity contribution in [3.63, 3.8) is 0 Å². The van der Waals surface area contributed by atoms with E-state index in [0.717, 1.165) is 17.8 Å². The van der Waals surface area contributed by atoms with Gasteiger partial charge >= 0.3 is 12.0 Å². The first-order chi connectivity index (χ1) is 9.95. The maximum atomic E-state index is 12.7. The van der Waals surface area contributed by atoms with Gasteiger partial charge in [-0.3, -0.25) is 0 Å². The number of nitrogens with one attached hydrogen (secondary N) is 1. The molecule has 21 heavy (non-hydrogen) atoms. The minimum Gasteiger partial charge on any atom is -0.480 e. The molecule has 1 aromatic heterocycles. The Morgan fingerprint density at radius 2 is 2.29 bits per heavy atom. The Hall–Kier alpha value is -2.05. The van der Waals surface area contributed by atoms with Crippen molar-refractivity contribution in [1.29, 1.82) is 0 Å². The zero-order valence-electron chi connectivity index (χ0n) is 12.7. The summed E-state index contributed by atoms with van der Waals surface area (Å²) in [7, 11) is 0. The van der Waals surface area contributed by atoms with E-state index in [0.29, 0.717) is 6.54 Å². The molecule has 0 aromatic carbocycles. The lowest BCUT2D eigenvalue weighted by Crippen LogP contribution is -2.55. The Morgan fingerprint density at radius 1 is 1.57 bits per heavy atom. The van der Waals surface area contributed by atoms with Gasteiger partial charge < -0.3 is 19.9 Å². The summed E-state index contributed by atoms with van der Waals surface area (Å²) in [5, 5.41) is 9.42. The number of aromatic amines is 1. The normalized spacial score (nSPS) is 17.7. The zero-order chi connectivity index (χ0) is 15.6. The number of carbonyl (C=O) groups is 2. The van der Waals surface area contributed by atoms with Gasteiger partial charge in [0.15, 0.2) is 0 Å². The molecule has 2 rings (SSSR count). The average molecular weight is 294 g/mol. The number of fused-ring (bicyclic) bond motifs is 1. The van der Waals surface area contributed by atoms with E-state index in [4.69, 9.17) is 0 Å². The minimum absolute atomic E-state index is 0.0371. The number of hydrogen-bond acceptors (Lipinski definition) is 3. The molecular weight excluding hydrogens is 272 g/mol. The van der Waals surface area contributed by atoms with Crippen molar-refractivity contribution in [2.45, 2.75) is 52.2 Å². The van der Waals surface area contributed by atoms with E-state index in [2.05, 4.69) is 9.97 Å². The third-order valence-electron chi connectivity index (χ3n) is 3.76. The molecule has 0 fully saturated rings. The SMILES string of the molecule is CCCN(C(=O)N1Cc2[nH]cnc2CC1C(=O)O)C(C)C. The van der Waals surface area contributed by atoms with E-state index < -0.39 is 12.0 Å². The zero-order valence-corrected chi connectivity index (χ0v) is 12.7. The van der Waals surface area contributed by atoms with E-state index in [-0.39, 0.29) is 25.0 Å². The predicted molar refractivity (Wildman–Crippen MR) is 76.8 cm³/mol. The lowest BCUT2D eigenvalue weighted by Gasteiger charge is -2.38. The highest BCUT2D eigenvalue weighted by Gasteiger charge is 2.38. The number of nitrogens with zero attached hydrogens (tertiary/aromatic N) is 3. The molecule has 1 aliphatic heterocycles. The Labute approximate surface area is 124 Å². The summed E-state index contributed by atoms with van der Waals surface area (Å²) in [5.74, 6) is -0.989. The predicted octanol–water partition coefficient (Wildman–Crippen LogP) is 1.46. The van der Waals surface area contributed by atoms with Gasteiger partial charge in [0.1, 0.15) is 6.04 Å². The summed E-state index contributed by atoms with van der Waals surface area (Å²) in [4.78, 5) is 34.5. The van der Waals surface area contributed by atoms with Crippen molar-refractivity contribution >= 4 is 12.0 Å². The largest absolute Gasteiger partial charge is 0.480 e. The summed E-state index contributed by atoms with van der Waals surface area (Å²) in [6.07, 6.45) is 2.63. The lowest BCUT2D eigenvalue weighted by atomic mass is 10.0. The van der Waals surface area contributed by atoms with E-state index >= 15 is 0 Å². The summed E-state index contributed by atoms with van der Waals surface area (Å²) in [6.45, 7) is 6.76. The highest BCUT2D eigenvalue weighted by molar-refractivity contribution is 5.83. The molecule has 1 atom stereocenters. The first kappa shape index (κ1) is 15.3. The Bertz CT molecular complexity index is 526. The van der Waals surface area contributed by atoms with Gasteiger partial charge in [0.05, 0.1) is 24.3 Å². The molecule has 0 aliphatic carbocycles. The molecule has 7 nitrogen and oxygen atoms in total. The molecule has 116 valence electrons. The molecule has 0 radical (unpaired) electrons. The topological polar surface area (TPSA) is 89.5 Å². The summed E-state index contributed by atoms with van der Waals surface area (Å²) < 4.78 is 0. The Balaban J connectivity index is 2.27. The third kappa shape index (κ3) is 3.01. The Morgan fingerprint density at radius 3 is 2.86 bits per heavy atom. The molecule has 1 unspecified atom stereocenters. The molecule has 2 N–H and O–H groups in total. The number of hydrogen-bond donors (Lipinski definition) is 2. The third-order valence-corrected chi connectivity index (χ3v) is 3.76. The van der Waals surface area contributed by atoms with Crippen molar-refractivity contribution in [3.05, 3.63) is 17.7 Å². The molecule has 0 saturated heterocycles. The van der Waals surface area contributed by atoms with Crippen LogP contribution in [0.1, 0.15) is 38.6 Å². The van der Waals surface area contributed by atoms with Crippen molar-refractivity contribution in [1.82, 2.24) is 19.8 Å². The van der Waals surface area contributed by atoms with Gasteiger partial charge in [-0.2, -0.15) is 0 Å². The van der Waals surface area contributed by atoms with Gasteiger partial charge in [0.2, 0.25) is 0 Å². The van der Waals surface area contributed by atoms with Crippen molar-refractivity contribution in [2.24, 2.45) is 0 Å². The number of carboxylic acid groups (broad SMARTS) is 1. The second-order valence-electron chi connectivity index (χ2n) is 5.58. The number of rotatable bonds is 4. The molecule has 2 amide bonds. The van der Waals surface area contributed by atoms with Crippen molar-refractivity contribution < 1.29 is 14.7 Å². The van der Waals surface area contributed by atoms with Crippen LogP contribution < -0.4 is 0 Å². The van der Waals surface area contributed by atoms with Crippen molar-refractivity contribution in [3.8, 4) is 0 Å². The molecule has 1 aliphatic rings. The number of carboxylic acids is 1. The molecule has 0 bridgehead atoms. The number of carbonyl (C=O) groups excluding carboxylic acids is 1. The fourth-order valence-electron chi connectivity index (χ4n) is 2.64. The maximum Gasteiger partial charge on any atom is 0.326 e. The summed E-state index contributed by atoms with van der Waals surface area (Å²) in [5.41, 5.74) is 1.55. The van der Waals surface area contributed by atoms with Crippen LogP contribution in [0, 0.1) is 0 Å². The molecule has 0 spiro atoms. The van der Waals surface area contributed by atoms with Crippen LogP contribution in [0.3, 0.4) is 0 Å². The van der Waals surface area contributed by atoms with Gasteiger partial charge in [-0.25, -0.2) is 14.6 Å². The number of amides is 2. The fraction of sp³-hybridized carbons (Fsp3) is 0.643. The first-order valence-electron chi connectivity index (χ1n) is 7.26. The standard InChI is InChI=1S/C14H22N4O3/c1-4-5-17(9(2)3)14(21)18-7-11-10(15-8-16-11)6-12(18)13(19)20/h8-9,12H,4-7H2,1-3H3,(H,15,16)(H,19,20). The second kappa shape index (κ2) is 6.15. The number of aromatic nitrogens is 2. The molecule has 7 heteroatoms. The summed E-state index contributed by atoms with van der Waals surface area (Å²) in [6, 6.07) is -1.04. The van der Waals surface area contributed by atoms with Crippen LogP contribution in [0.15, 0.2) is 6.33 Å². The van der Waals surface area contributed by atoms with Crippen LogP contribution >= 0.6 is 0 Å². The number of urea groups is 1.